The highest BCUT2D eigenvalue weighted by molar-refractivity contribution is 9.10. The Labute approximate surface area is 140 Å². The lowest BCUT2D eigenvalue weighted by Crippen LogP contribution is -2.26. The van der Waals surface area contributed by atoms with Crippen molar-refractivity contribution in [1.82, 2.24) is 10.3 Å². The number of nitrogens with one attached hydrogen (secondary N) is 1. The number of carbonyl (C=O) groups excluding carboxylic acids is 1. The maximum atomic E-state index is 12.1. The van der Waals surface area contributed by atoms with Gasteiger partial charge in [0.15, 0.2) is 0 Å². The monoisotopic (exact) mass is 412 g/mol. The van der Waals surface area contributed by atoms with Gasteiger partial charge in [-0.05, 0) is 68.6 Å². The molecule has 2 rings (SSSR count). The predicted octanol–water partition coefficient (Wildman–Crippen LogP) is 4.11. The number of methoxy groups -OCH3 is 1. The molecule has 0 bridgehead atoms. The molecule has 0 saturated heterocycles. The van der Waals surface area contributed by atoms with E-state index in [4.69, 9.17) is 4.74 Å². The molecular formula is C15H14Br2N2O2. The molecule has 2 aromatic rings. The molecule has 0 radical (unpaired) electrons. The van der Waals surface area contributed by atoms with Crippen LogP contribution in [-0.4, -0.2) is 18.0 Å². The number of carbonyl (C=O) groups is 1. The summed E-state index contributed by atoms with van der Waals surface area (Å²) in [6.07, 6.45) is 1.54. The molecule has 1 N–H and O–H groups in total. The van der Waals surface area contributed by atoms with Gasteiger partial charge in [0.2, 0.25) is 0 Å². The highest BCUT2D eigenvalue weighted by atomic mass is 79.9. The van der Waals surface area contributed by atoms with E-state index >= 15 is 0 Å². The number of rotatable bonds is 4. The van der Waals surface area contributed by atoms with Crippen LogP contribution in [0.3, 0.4) is 0 Å². The molecule has 1 aromatic heterocycles. The Balaban J connectivity index is 2.10. The summed E-state index contributed by atoms with van der Waals surface area (Å²) in [6, 6.07) is 9.07. The third-order valence-electron chi connectivity index (χ3n) is 3.01. The summed E-state index contributed by atoms with van der Waals surface area (Å²) >= 11 is 6.69. The van der Waals surface area contributed by atoms with E-state index in [0.29, 0.717) is 10.2 Å². The van der Waals surface area contributed by atoms with Gasteiger partial charge in [0, 0.05) is 6.20 Å². The zero-order valence-corrected chi connectivity index (χ0v) is 14.7. The summed E-state index contributed by atoms with van der Waals surface area (Å²) in [7, 11) is 1.62. The fourth-order valence-electron chi connectivity index (χ4n) is 1.83. The fourth-order valence-corrected chi connectivity index (χ4v) is 2.62. The number of halogens is 2. The summed E-state index contributed by atoms with van der Waals surface area (Å²) in [4.78, 5) is 16.2. The van der Waals surface area contributed by atoms with Crippen LogP contribution in [0.15, 0.2) is 45.6 Å². The van der Waals surface area contributed by atoms with Crippen LogP contribution in [0.5, 0.6) is 5.75 Å². The Bertz CT molecular complexity index is 645. The van der Waals surface area contributed by atoms with Crippen molar-refractivity contribution in [3.8, 4) is 5.75 Å². The minimum Gasteiger partial charge on any atom is -0.496 e. The highest BCUT2D eigenvalue weighted by Gasteiger charge is 2.13. The first-order valence-electron chi connectivity index (χ1n) is 6.27. The SMILES string of the molecule is COc1ccc(C(C)NC(=O)c2ccc(Br)nc2)cc1Br. The highest BCUT2D eigenvalue weighted by Crippen LogP contribution is 2.28. The second-order valence-electron chi connectivity index (χ2n) is 4.46. The average molecular weight is 414 g/mol. The first kappa shape index (κ1) is 16.0. The molecule has 1 amide bonds. The van der Waals surface area contributed by atoms with E-state index in [0.717, 1.165) is 15.8 Å². The molecular weight excluding hydrogens is 400 g/mol. The van der Waals surface area contributed by atoms with Gasteiger partial charge in [-0.25, -0.2) is 4.98 Å². The standard InChI is InChI=1S/C15H14Br2N2O2/c1-9(10-3-5-13(21-2)12(16)7-10)19-15(20)11-4-6-14(17)18-8-11/h3-9H,1-2H3,(H,19,20). The lowest BCUT2D eigenvalue weighted by molar-refractivity contribution is 0.0939. The van der Waals surface area contributed by atoms with Gasteiger partial charge < -0.3 is 10.1 Å². The van der Waals surface area contributed by atoms with Gasteiger partial charge in [-0.2, -0.15) is 0 Å². The van der Waals surface area contributed by atoms with Gasteiger partial charge >= 0.3 is 0 Å². The van der Waals surface area contributed by atoms with Crippen molar-refractivity contribution in [2.24, 2.45) is 0 Å². The first-order chi connectivity index (χ1) is 10.0. The molecule has 1 aromatic carbocycles. The Kier molecular flexibility index (Phi) is 5.36. The molecule has 0 aliphatic rings. The molecule has 1 unspecified atom stereocenters. The van der Waals surface area contributed by atoms with Crippen molar-refractivity contribution in [1.29, 1.82) is 0 Å². The van der Waals surface area contributed by atoms with Crippen LogP contribution in [0.4, 0.5) is 0 Å². The van der Waals surface area contributed by atoms with Crippen LogP contribution in [0.2, 0.25) is 0 Å². The maximum Gasteiger partial charge on any atom is 0.253 e. The molecule has 0 aliphatic heterocycles. The number of hydrogen-bond donors (Lipinski definition) is 1. The maximum absolute atomic E-state index is 12.1. The van der Waals surface area contributed by atoms with Crippen LogP contribution < -0.4 is 10.1 Å². The molecule has 21 heavy (non-hydrogen) atoms. The third kappa shape index (κ3) is 4.04. The van der Waals surface area contributed by atoms with Crippen LogP contribution in [0, 0.1) is 0 Å². The first-order valence-corrected chi connectivity index (χ1v) is 7.85. The molecule has 0 saturated carbocycles. The van der Waals surface area contributed by atoms with E-state index < -0.39 is 0 Å². The van der Waals surface area contributed by atoms with Gasteiger partial charge in [0.25, 0.3) is 5.91 Å². The van der Waals surface area contributed by atoms with Crippen molar-refractivity contribution in [3.63, 3.8) is 0 Å². The van der Waals surface area contributed by atoms with E-state index in [2.05, 4.69) is 42.2 Å². The smallest absolute Gasteiger partial charge is 0.253 e. The van der Waals surface area contributed by atoms with Gasteiger partial charge in [-0.1, -0.05) is 6.07 Å². The summed E-state index contributed by atoms with van der Waals surface area (Å²) in [5.74, 6) is 0.601. The number of hydrogen-bond acceptors (Lipinski definition) is 3. The molecule has 6 heteroatoms. The molecule has 0 spiro atoms. The normalized spacial score (nSPS) is 11.8. The number of nitrogens with zero attached hydrogens (tertiary/aromatic N) is 1. The fraction of sp³-hybridized carbons (Fsp3) is 0.200. The van der Waals surface area contributed by atoms with E-state index in [9.17, 15) is 4.79 Å². The van der Waals surface area contributed by atoms with Crippen LogP contribution in [0.25, 0.3) is 0 Å². The number of amides is 1. The van der Waals surface area contributed by atoms with Crippen LogP contribution >= 0.6 is 31.9 Å². The Morgan fingerprint density at radius 1 is 1.29 bits per heavy atom. The second kappa shape index (κ2) is 7.04. The Morgan fingerprint density at radius 2 is 2.05 bits per heavy atom. The second-order valence-corrected chi connectivity index (χ2v) is 6.13. The summed E-state index contributed by atoms with van der Waals surface area (Å²) < 4.78 is 6.75. The van der Waals surface area contributed by atoms with E-state index in [1.807, 2.05) is 25.1 Å². The van der Waals surface area contributed by atoms with E-state index in [1.165, 1.54) is 6.20 Å². The lowest BCUT2D eigenvalue weighted by atomic mass is 10.1. The molecule has 110 valence electrons. The number of pyridine rings is 1. The topological polar surface area (TPSA) is 51.2 Å². The lowest BCUT2D eigenvalue weighted by Gasteiger charge is -2.15. The summed E-state index contributed by atoms with van der Waals surface area (Å²) in [5, 5.41) is 2.94. The van der Waals surface area contributed by atoms with Crippen molar-refractivity contribution in [2.45, 2.75) is 13.0 Å². The van der Waals surface area contributed by atoms with Crippen LogP contribution in [0.1, 0.15) is 28.9 Å². The van der Waals surface area contributed by atoms with Crippen molar-refractivity contribution >= 4 is 37.8 Å². The quantitative estimate of drug-likeness (QED) is 0.767. The minimum atomic E-state index is -0.158. The number of aromatic nitrogens is 1. The van der Waals surface area contributed by atoms with E-state index in [1.54, 1.807) is 19.2 Å². The van der Waals surface area contributed by atoms with Crippen molar-refractivity contribution < 1.29 is 9.53 Å². The van der Waals surface area contributed by atoms with Crippen molar-refractivity contribution in [3.05, 3.63) is 56.7 Å². The summed E-state index contributed by atoms with van der Waals surface area (Å²) in [5.41, 5.74) is 1.51. The van der Waals surface area contributed by atoms with Gasteiger partial charge in [0.05, 0.1) is 23.2 Å². The molecule has 4 nitrogen and oxygen atoms in total. The number of ether oxygens (including phenoxy) is 1. The van der Waals surface area contributed by atoms with Gasteiger partial charge in [0.1, 0.15) is 10.4 Å². The molecule has 1 heterocycles. The predicted molar refractivity (Wildman–Crippen MR) is 88.5 cm³/mol. The molecule has 0 aliphatic carbocycles. The molecule has 0 fully saturated rings. The Hall–Kier alpha value is -1.40. The third-order valence-corrected chi connectivity index (χ3v) is 4.10. The zero-order chi connectivity index (χ0) is 15.4. The zero-order valence-electron chi connectivity index (χ0n) is 11.6. The van der Waals surface area contributed by atoms with E-state index in [-0.39, 0.29) is 11.9 Å². The van der Waals surface area contributed by atoms with Crippen LogP contribution in [-0.2, 0) is 0 Å². The molecule has 1 atom stereocenters. The van der Waals surface area contributed by atoms with Gasteiger partial charge in [-0.15, -0.1) is 0 Å². The number of benzene rings is 1. The largest absolute Gasteiger partial charge is 0.496 e. The van der Waals surface area contributed by atoms with Gasteiger partial charge in [-0.3, -0.25) is 4.79 Å². The Morgan fingerprint density at radius 3 is 2.62 bits per heavy atom. The average Bonchev–Trinajstić information content (AvgIpc) is 2.47. The minimum absolute atomic E-state index is 0.122. The van der Waals surface area contributed by atoms with Crippen molar-refractivity contribution in [2.75, 3.05) is 7.11 Å². The summed E-state index contributed by atoms with van der Waals surface area (Å²) in [6.45, 7) is 1.93.